The Kier molecular flexibility index (Phi) is 4.72. The van der Waals surface area contributed by atoms with Gasteiger partial charge < -0.3 is 0 Å². The molecule has 3 aliphatic carbocycles. The average molecular weight is 327 g/mol. The molecule has 3 saturated carbocycles. The molecular formula is C18H30OS2. The number of carbonyl (C=O) groups excluding carboxylic acids is 1. The van der Waals surface area contributed by atoms with E-state index in [1.54, 1.807) is 0 Å². The molecule has 2 spiro atoms. The molecule has 1 nitrogen and oxygen atoms in total. The van der Waals surface area contributed by atoms with Crippen LogP contribution in [-0.4, -0.2) is 21.4 Å². The van der Waals surface area contributed by atoms with E-state index in [0.717, 1.165) is 11.5 Å². The van der Waals surface area contributed by atoms with Gasteiger partial charge in [0, 0.05) is 0 Å². The first kappa shape index (κ1) is 16.2. The van der Waals surface area contributed by atoms with Crippen LogP contribution in [0.1, 0.15) is 78.1 Å². The molecule has 0 N–H and O–H groups in total. The Morgan fingerprint density at radius 3 is 1.48 bits per heavy atom. The van der Waals surface area contributed by atoms with Gasteiger partial charge in [-0.3, -0.25) is 4.79 Å². The maximum atomic E-state index is 13.5. The van der Waals surface area contributed by atoms with Crippen LogP contribution >= 0.6 is 23.5 Å². The van der Waals surface area contributed by atoms with E-state index in [1.165, 1.54) is 64.2 Å². The highest BCUT2D eigenvalue weighted by atomic mass is 32.2. The zero-order valence-corrected chi connectivity index (χ0v) is 15.3. The van der Waals surface area contributed by atoms with Crippen molar-refractivity contribution in [2.24, 2.45) is 10.8 Å². The molecule has 3 aliphatic rings. The summed E-state index contributed by atoms with van der Waals surface area (Å²) in [6.45, 7) is 4.58. The Morgan fingerprint density at radius 2 is 1.14 bits per heavy atom. The van der Waals surface area contributed by atoms with Gasteiger partial charge in [0.2, 0.25) is 0 Å². The maximum absolute atomic E-state index is 13.5. The van der Waals surface area contributed by atoms with Crippen molar-refractivity contribution in [3.05, 3.63) is 0 Å². The molecule has 3 heteroatoms. The van der Waals surface area contributed by atoms with E-state index in [1.807, 2.05) is 0 Å². The number of Topliss-reactive ketones (excluding diaryl/α,β-unsaturated/α-hetero) is 1. The summed E-state index contributed by atoms with van der Waals surface area (Å²) in [6.07, 6.45) is 12.5. The molecule has 0 aromatic heterocycles. The minimum Gasteiger partial charge on any atom is -0.298 e. The molecule has 0 aliphatic heterocycles. The summed E-state index contributed by atoms with van der Waals surface area (Å²) in [5, 5.41) is 0. The monoisotopic (exact) mass is 326 g/mol. The van der Waals surface area contributed by atoms with Crippen molar-refractivity contribution in [3.8, 4) is 0 Å². The second-order valence-corrected chi connectivity index (χ2v) is 10.3. The van der Waals surface area contributed by atoms with Crippen molar-refractivity contribution in [2.75, 3.05) is 11.5 Å². The second kappa shape index (κ2) is 6.11. The second-order valence-electron chi connectivity index (χ2n) is 7.10. The lowest BCUT2D eigenvalue weighted by molar-refractivity contribution is -0.167. The zero-order valence-electron chi connectivity index (χ0n) is 13.7. The fourth-order valence-electron chi connectivity index (χ4n) is 5.58. The van der Waals surface area contributed by atoms with E-state index in [-0.39, 0.29) is 14.9 Å². The molecule has 0 aromatic rings. The first-order valence-corrected chi connectivity index (χ1v) is 11.0. The summed E-state index contributed by atoms with van der Waals surface area (Å²) < 4.78 is 0.210. The highest BCUT2D eigenvalue weighted by Crippen LogP contribution is 2.77. The van der Waals surface area contributed by atoms with Crippen molar-refractivity contribution in [3.63, 3.8) is 0 Å². The molecule has 0 bridgehead atoms. The maximum Gasteiger partial charge on any atom is 0.149 e. The van der Waals surface area contributed by atoms with Gasteiger partial charge in [-0.25, -0.2) is 0 Å². The summed E-state index contributed by atoms with van der Waals surface area (Å²) in [4.78, 5) is 13.5. The Balaban J connectivity index is 2.02. The topological polar surface area (TPSA) is 17.1 Å². The van der Waals surface area contributed by atoms with Crippen LogP contribution in [-0.2, 0) is 4.79 Å². The minimum atomic E-state index is 0.0317. The van der Waals surface area contributed by atoms with Crippen LogP contribution in [0.4, 0.5) is 0 Å². The summed E-state index contributed by atoms with van der Waals surface area (Å²) >= 11 is 4.29. The molecule has 3 fully saturated rings. The SMILES string of the molecule is CCSC1(SCC)C2(CCCCC2)C(=O)C12CCCCC2. The Morgan fingerprint density at radius 1 is 0.762 bits per heavy atom. The van der Waals surface area contributed by atoms with Gasteiger partial charge in [-0.05, 0) is 37.2 Å². The van der Waals surface area contributed by atoms with Gasteiger partial charge in [-0.15, -0.1) is 23.5 Å². The van der Waals surface area contributed by atoms with Crippen LogP contribution in [0.5, 0.6) is 0 Å². The van der Waals surface area contributed by atoms with Crippen molar-refractivity contribution < 1.29 is 4.79 Å². The number of ketones is 1. The van der Waals surface area contributed by atoms with Crippen LogP contribution in [0.3, 0.4) is 0 Å². The Bertz CT molecular complexity index is 356. The smallest absolute Gasteiger partial charge is 0.149 e. The molecule has 120 valence electrons. The third kappa shape index (κ3) is 2.02. The number of rotatable bonds is 4. The lowest BCUT2D eigenvalue weighted by Gasteiger charge is -2.71. The quantitative estimate of drug-likeness (QED) is 0.619. The molecule has 0 heterocycles. The van der Waals surface area contributed by atoms with Gasteiger partial charge in [0.25, 0.3) is 0 Å². The standard InChI is InChI=1S/C18H30OS2/c1-3-20-18(21-4-2)16(11-7-5-8-12-16)15(19)17(18)13-9-6-10-14-17/h3-14H2,1-2H3. The molecule has 0 amide bonds. The molecular weight excluding hydrogens is 296 g/mol. The lowest BCUT2D eigenvalue weighted by Crippen LogP contribution is -2.76. The van der Waals surface area contributed by atoms with Gasteiger partial charge in [0.1, 0.15) is 5.78 Å². The van der Waals surface area contributed by atoms with Crippen molar-refractivity contribution >= 4 is 29.3 Å². The van der Waals surface area contributed by atoms with Gasteiger partial charge in [-0.1, -0.05) is 52.4 Å². The summed E-state index contributed by atoms with van der Waals surface area (Å²) in [7, 11) is 0. The molecule has 0 saturated heterocycles. The number of carbonyl (C=O) groups is 1. The minimum absolute atomic E-state index is 0.0317. The van der Waals surface area contributed by atoms with Gasteiger partial charge in [0.05, 0.1) is 14.9 Å². The largest absolute Gasteiger partial charge is 0.298 e. The summed E-state index contributed by atoms with van der Waals surface area (Å²) in [5.41, 5.74) is 0.0634. The number of hydrogen-bond acceptors (Lipinski definition) is 3. The first-order chi connectivity index (χ1) is 10.2. The van der Waals surface area contributed by atoms with E-state index in [9.17, 15) is 4.79 Å². The van der Waals surface area contributed by atoms with Crippen LogP contribution in [0, 0.1) is 10.8 Å². The predicted octanol–water partition coefficient (Wildman–Crippen LogP) is 5.67. The van der Waals surface area contributed by atoms with Crippen LogP contribution in [0.25, 0.3) is 0 Å². The van der Waals surface area contributed by atoms with Gasteiger partial charge >= 0.3 is 0 Å². The van der Waals surface area contributed by atoms with Gasteiger partial charge in [-0.2, -0.15) is 0 Å². The van der Waals surface area contributed by atoms with E-state index in [4.69, 9.17) is 0 Å². The van der Waals surface area contributed by atoms with Crippen molar-refractivity contribution in [1.82, 2.24) is 0 Å². The predicted molar refractivity (Wildman–Crippen MR) is 95.0 cm³/mol. The van der Waals surface area contributed by atoms with Crippen molar-refractivity contribution in [2.45, 2.75) is 82.1 Å². The fourth-order valence-corrected chi connectivity index (χ4v) is 9.72. The van der Waals surface area contributed by atoms with Crippen LogP contribution in [0.2, 0.25) is 0 Å². The fraction of sp³-hybridized carbons (Fsp3) is 0.944. The molecule has 3 rings (SSSR count). The highest BCUT2D eigenvalue weighted by Gasteiger charge is 2.79. The molecule has 0 unspecified atom stereocenters. The Hall–Kier alpha value is 0.370. The van der Waals surface area contributed by atoms with Crippen LogP contribution < -0.4 is 0 Å². The van der Waals surface area contributed by atoms with Crippen LogP contribution in [0.15, 0.2) is 0 Å². The molecule has 0 atom stereocenters. The Labute approximate surface area is 138 Å². The summed E-state index contributed by atoms with van der Waals surface area (Å²) in [6, 6.07) is 0. The zero-order chi connectivity index (χ0) is 15.0. The van der Waals surface area contributed by atoms with E-state index in [2.05, 4.69) is 37.4 Å². The first-order valence-electron chi connectivity index (χ1n) is 9.02. The normalized spacial score (nSPS) is 29.5. The van der Waals surface area contributed by atoms with Gasteiger partial charge in [0.15, 0.2) is 0 Å². The molecule has 0 radical (unpaired) electrons. The third-order valence-electron chi connectivity index (χ3n) is 6.24. The molecule has 0 aromatic carbocycles. The third-order valence-corrected chi connectivity index (χ3v) is 9.90. The number of thioether (sulfide) groups is 2. The summed E-state index contributed by atoms with van der Waals surface area (Å²) in [5.74, 6) is 3.00. The van der Waals surface area contributed by atoms with E-state index in [0.29, 0.717) is 5.78 Å². The highest BCUT2D eigenvalue weighted by molar-refractivity contribution is 8.18. The van der Waals surface area contributed by atoms with E-state index >= 15 is 0 Å². The van der Waals surface area contributed by atoms with Crippen molar-refractivity contribution in [1.29, 1.82) is 0 Å². The average Bonchev–Trinajstić information content (AvgIpc) is 2.55. The molecule has 21 heavy (non-hydrogen) atoms. The van der Waals surface area contributed by atoms with E-state index < -0.39 is 0 Å². The lowest BCUT2D eigenvalue weighted by atomic mass is 9.43. The number of hydrogen-bond donors (Lipinski definition) is 0.